The van der Waals surface area contributed by atoms with Gasteiger partial charge in [0.05, 0.1) is 25.6 Å². The van der Waals surface area contributed by atoms with Crippen molar-refractivity contribution in [2.75, 3.05) is 20.1 Å². The molecule has 1 saturated heterocycles. The molecule has 2 aliphatic heterocycles. The zero-order valence-corrected chi connectivity index (χ0v) is 15.8. The molecule has 1 N–H and O–H groups in total. The fraction of sp³-hybridized carbons (Fsp3) is 0.682. The van der Waals surface area contributed by atoms with Crippen LogP contribution in [0.4, 0.5) is 0 Å². The Labute approximate surface area is 154 Å². The first-order valence-corrected chi connectivity index (χ1v) is 10.3. The third-order valence-electron chi connectivity index (χ3n) is 8.49. The van der Waals surface area contributed by atoms with Crippen LogP contribution in [-0.2, 0) is 16.6 Å². The quantitative estimate of drug-likeness (QED) is 0.829. The minimum Gasteiger partial charge on any atom is -0.481 e. The molecular formula is C22H28NO3+. The summed E-state index contributed by atoms with van der Waals surface area (Å²) in [7, 11) is 2.36. The van der Waals surface area contributed by atoms with Crippen molar-refractivity contribution in [2.24, 2.45) is 5.92 Å². The maximum absolute atomic E-state index is 12.9. The molecule has 3 aliphatic carbocycles. The molecule has 5 aliphatic rings. The lowest BCUT2D eigenvalue weighted by Crippen LogP contribution is -2.80. The number of carbonyl (C=O) groups is 1. The van der Waals surface area contributed by atoms with Crippen LogP contribution in [0, 0.1) is 12.8 Å². The molecule has 0 radical (unpaired) electrons. The molecule has 1 aromatic rings. The molecule has 0 aromatic heterocycles. The molecule has 4 nitrogen and oxygen atoms in total. The number of hydrogen-bond acceptors (Lipinski definition) is 3. The number of benzene rings is 1. The normalized spacial score (nSPS) is 45.3. The van der Waals surface area contributed by atoms with Crippen LogP contribution in [0.5, 0.6) is 5.75 Å². The number of rotatable bonds is 2. The number of likely N-dealkylation sites (tertiary alicyclic amines) is 1. The number of hydrogen-bond donors (Lipinski definition) is 1. The molecule has 1 unspecified atom stereocenters. The van der Waals surface area contributed by atoms with Crippen LogP contribution in [0.3, 0.4) is 0 Å². The van der Waals surface area contributed by atoms with Crippen LogP contribution in [0.15, 0.2) is 12.1 Å². The largest absolute Gasteiger partial charge is 0.481 e. The van der Waals surface area contributed by atoms with Gasteiger partial charge in [-0.05, 0) is 37.3 Å². The van der Waals surface area contributed by atoms with E-state index in [1.807, 2.05) is 0 Å². The minimum absolute atomic E-state index is 0.178. The Kier molecular flexibility index (Phi) is 2.73. The second-order valence-electron chi connectivity index (χ2n) is 9.90. The number of ether oxygens (including phenoxy) is 1. The molecule has 6 rings (SSSR count). The maximum Gasteiger partial charge on any atom is 0.174 e. The van der Waals surface area contributed by atoms with Crippen molar-refractivity contribution >= 4 is 5.78 Å². The first kappa shape index (κ1) is 15.6. The van der Waals surface area contributed by atoms with Gasteiger partial charge in [0, 0.05) is 30.7 Å². The van der Waals surface area contributed by atoms with Gasteiger partial charge in [-0.25, -0.2) is 0 Å². The van der Waals surface area contributed by atoms with Gasteiger partial charge in [0.15, 0.2) is 11.9 Å². The van der Waals surface area contributed by atoms with E-state index in [-0.39, 0.29) is 11.8 Å². The maximum atomic E-state index is 12.9. The summed E-state index contributed by atoms with van der Waals surface area (Å²) in [5, 5.41) is 12.2. The Bertz CT molecular complexity index is 846. The van der Waals surface area contributed by atoms with E-state index < -0.39 is 17.1 Å². The van der Waals surface area contributed by atoms with Gasteiger partial charge < -0.3 is 14.3 Å². The van der Waals surface area contributed by atoms with Crippen molar-refractivity contribution in [3.8, 4) is 5.75 Å². The van der Waals surface area contributed by atoms with E-state index in [2.05, 4.69) is 26.1 Å². The van der Waals surface area contributed by atoms with Crippen LogP contribution >= 0.6 is 0 Å². The van der Waals surface area contributed by atoms with Gasteiger partial charge in [-0.3, -0.25) is 4.79 Å². The Morgan fingerprint density at radius 3 is 2.88 bits per heavy atom. The molecule has 138 valence electrons. The number of quaternary nitrogens is 1. The fourth-order valence-electron chi connectivity index (χ4n) is 7.09. The minimum atomic E-state index is -0.820. The van der Waals surface area contributed by atoms with E-state index in [1.54, 1.807) is 0 Å². The highest BCUT2D eigenvalue weighted by molar-refractivity contribution is 5.89. The molecule has 26 heavy (non-hydrogen) atoms. The van der Waals surface area contributed by atoms with Gasteiger partial charge in [0.1, 0.15) is 17.4 Å². The summed E-state index contributed by atoms with van der Waals surface area (Å²) >= 11 is 0. The predicted octanol–water partition coefficient (Wildman–Crippen LogP) is 2.27. The van der Waals surface area contributed by atoms with Crippen molar-refractivity contribution in [3.05, 3.63) is 28.8 Å². The average molecular weight is 354 g/mol. The van der Waals surface area contributed by atoms with Gasteiger partial charge in [-0.2, -0.15) is 0 Å². The summed E-state index contributed by atoms with van der Waals surface area (Å²) in [6.07, 6.45) is 5.03. The van der Waals surface area contributed by atoms with Gasteiger partial charge in [0.2, 0.25) is 0 Å². The summed E-state index contributed by atoms with van der Waals surface area (Å²) in [4.78, 5) is 12.9. The molecule has 3 fully saturated rings. The second-order valence-corrected chi connectivity index (χ2v) is 9.90. The Hall–Kier alpha value is -1.39. The van der Waals surface area contributed by atoms with E-state index in [0.717, 1.165) is 41.1 Å². The fourth-order valence-corrected chi connectivity index (χ4v) is 7.09. The van der Waals surface area contributed by atoms with Crippen molar-refractivity contribution in [3.63, 3.8) is 0 Å². The monoisotopic (exact) mass is 354 g/mol. The van der Waals surface area contributed by atoms with E-state index in [0.29, 0.717) is 12.8 Å². The first-order valence-electron chi connectivity index (χ1n) is 10.3. The number of piperidine rings is 1. The van der Waals surface area contributed by atoms with E-state index in [4.69, 9.17) is 4.74 Å². The molecule has 1 aromatic carbocycles. The molecule has 0 amide bonds. The lowest BCUT2D eigenvalue weighted by atomic mass is 9.48. The highest BCUT2D eigenvalue weighted by Crippen LogP contribution is 2.65. The van der Waals surface area contributed by atoms with Crippen molar-refractivity contribution in [1.29, 1.82) is 0 Å². The van der Waals surface area contributed by atoms with Crippen LogP contribution in [0.2, 0.25) is 0 Å². The Morgan fingerprint density at radius 1 is 1.31 bits per heavy atom. The number of aliphatic hydroxyl groups is 1. The van der Waals surface area contributed by atoms with Crippen LogP contribution in [0.1, 0.15) is 48.8 Å². The summed E-state index contributed by atoms with van der Waals surface area (Å²) < 4.78 is 7.30. The van der Waals surface area contributed by atoms with Crippen molar-refractivity contribution in [1.82, 2.24) is 0 Å². The summed E-state index contributed by atoms with van der Waals surface area (Å²) in [6, 6.07) is 4.55. The summed E-state index contributed by atoms with van der Waals surface area (Å²) in [5.41, 5.74) is 2.27. The molecule has 2 bridgehead atoms. The number of ketones is 1. The standard InChI is InChI=1S/C22H28NO3/c1-13-3-6-15-11-17-22(25)8-7-16(24)20-21(22,18(15)19(13)26-20)9-10-23(17,2)12-14-4-5-14/h3,6,14,17,20,25H,4-5,7-12H2,1-2H3/q+1/t17-,20+,21+,22-,23?/m1/s1. The molecule has 5 atom stereocenters. The number of nitrogens with zero attached hydrogens (tertiary/aromatic N) is 1. The zero-order valence-electron chi connectivity index (χ0n) is 15.8. The summed E-state index contributed by atoms with van der Waals surface area (Å²) in [6.45, 7) is 4.29. The van der Waals surface area contributed by atoms with Gasteiger partial charge >= 0.3 is 0 Å². The highest BCUT2D eigenvalue weighted by Gasteiger charge is 2.76. The number of aryl methyl sites for hydroxylation is 1. The lowest BCUT2D eigenvalue weighted by molar-refractivity contribution is -0.950. The molecule has 4 heteroatoms. The number of likely N-dealkylation sites (N-methyl/N-ethyl adjacent to an activating group) is 1. The highest BCUT2D eigenvalue weighted by atomic mass is 16.5. The van der Waals surface area contributed by atoms with E-state index in [1.165, 1.54) is 30.5 Å². The van der Waals surface area contributed by atoms with E-state index >= 15 is 0 Å². The van der Waals surface area contributed by atoms with Crippen LogP contribution in [-0.4, -0.2) is 53.3 Å². The van der Waals surface area contributed by atoms with Crippen LogP contribution < -0.4 is 4.74 Å². The third kappa shape index (κ3) is 1.59. The third-order valence-corrected chi connectivity index (χ3v) is 8.49. The van der Waals surface area contributed by atoms with Gasteiger partial charge in [-0.1, -0.05) is 12.1 Å². The van der Waals surface area contributed by atoms with Gasteiger partial charge in [0.25, 0.3) is 0 Å². The zero-order chi connectivity index (χ0) is 17.9. The summed E-state index contributed by atoms with van der Waals surface area (Å²) in [5.74, 6) is 1.92. The van der Waals surface area contributed by atoms with Crippen LogP contribution in [0.25, 0.3) is 0 Å². The molecular weight excluding hydrogens is 326 g/mol. The molecule has 1 spiro atoms. The Balaban J connectivity index is 1.60. The number of Topliss-reactive ketones (excluding diaryl/α,β-unsaturated/α-hetero) is 1. The first-order chi connectivity index (χ1) is 12.4. The predicted molar refractivity (Wildman–Crippen MR) is 97.2 cm³/mol. The smallest absolute Gasteiger partial charge is 0.174 e. The lowest BCUT2D eigenvalue weighted by Gasteiger charge is -2.64. The average Bonchev–Trinajstić information content (AvgIpc) is 3.32. The second kappa shape index (κ2) is 4.53. The van der Waals surface area contributed by atoms with Gasteiger partial charge in [-0.15, -0.1) is 0 Å². The van der Waals surface area contributed by atoms with Crippen molar-refractivity contribution < 1.29 is 19.1 Å². The molecule has 2 heterocycles. The van der Waals surface area contributed by atoms with E-state index in [9.17, 15) is 9.90 Å². The van der Waals surface area contributed by atoms with Crippen molar-refractivity contribution in [2.45, 2.75) is 68.6 Å². The SMILES string of the molecule is Cc1ccc2c3c1O[C@H]1C(=O)CC[C@@]4(O)[C@@H](C2)[N+](C)(CC2CC2)CC[C@]314. The molecule has 2 saturated carbocycles. The Morgan fingerprint density at radius 2 is 2.12 bits per heavy atom. The number of carbonyl (C=O) groups excluding carboxylic acids is 1. The topological polar surface area (TPSA) is 46.5 Å².